The maximum atomic E-state index is 11.6. The number of fused-ring (bicyclic) bond motifs is 2. The third kappa shape index (κ3) is 1.66. The molecule has 0 aromatic heterocycles. The number of carbonyl (C=O) groups excluding carboxylic acids is 1. The van der Waals surface area contributed by atoms with Crippen molar-refractivity contribution in [3.63, 3.8) is 0 Å². The quantitative estimate of drug-likeness (QED) is 0.799. The molecule has 0 aliphatic carbocycles. The van der Waals surface area contributed by atoms with E-state index in [9.17, 15) is 4.79 Å². The van der Waals surface area contributed by atoms with E-state index in [1.54, 1.807) is 0 Å². The molecule has 3 rings (SSSR count). The molecule has 0 radical (unpaired) electrons. The third-order valence-electron chi connectivity index (χ3n) is 3.01. The Morgan fingerprint density at radius 3 is 2.39 bits per heavy atom. The number of primary amides is 1. The molecule has 2 aromatic rings. The molecule has 1 aliphatic rings. The molecule has 0 bridgehead atoms. The maximum absolute atomic E-state index is 11.6. The van der Waals surface area contributed by atoms with Crippen LogP contribution in [0.4, 0.5) is 11.4 Å². The van der Waals surface area contributed by atoms with Crippen LogP contribution in [0.1, 0.15) is 11.1 Å². The van der Waals surface area contributed by atoms with E-state index >= 15 is 0 Å². The van der Waals surface area contributed by atoms with Gasteiger partial charge >= 0.3 is 0 Å². The fourth-order valence-corrected chi connectivity index (χ4v) is 2.15. The minimum Gasteiger partial charge on any atom is -0.366 e. The number of hydrogen-bond acceptors (Lipinski definition) is 2. The Morgan fingerprint density at radius 1 is 0.944 bits per heavy atom. The molecule has 0 fully saturated rings. The van der Waals surface area contributed by atoms with Crippen LogP contribution in [-0.2, 0) is 4.79 Å². The molecule has 3 N–H and O–H groups in total. The van der Waals surface area contributed by atoms with Crippen LogP contribution in [0.25, 0.3) is 11.6 Å². The van der Waals surface area contributed by atoms with Crippen molar-refractivity contribution in [2.75, 3.05) is 5.32 Å². The van der Waals surface area contributed by atoms with Crippen molar-refractivity contribution in [3.05, 3.63) is 59.7 Å². The smallest absolute Gasteiger partial charge is 0.249 e. The molecule has 1 heterocycles. The van der Waals surface area contributed by atoms with Gasteiger partial charge in [-0.1, -0.05) is 36.4 Å². The first-order chi connectivity index (χ1) is 8.75. The number of nitrogens with two attached hydrogens (primary N) is 1. The summed E-state index contributed by atoms with van der Waals surface area (Å²) in [4.78, 5) is 11.6. The number of nitrogens with one attached hydrogen (secondary N) is 1. The van der Waals surface area contributed by atoms with Crippen molar-refractivity contribution in [3.8, 4) is 0 Å². The van der Waals surface area contributed by atoms with Crippen LogP contribution < -0.4 is 11.1 Å². The average molecular weight is 236 g/mol. The topological polar surface area (TPSA) is 55.1 Å². The average Bonchev–Trinajstić information content (AvgIpc) is 2.55. The zero-order valence-electron chi connectivity index (χ0n) is 9.68. The molecule has 3 nitrogen and oxygen atoms in total. The molecule has 2 aromatic carbocycles. The summed E-state index contributed by atoms with van der Waals surface area (Å²) < 4.78 is 0. The van der Waals surface area contributed by atoms with E-state index in [4.69, 9.17) is 5.73 Å². The van der Waals surface area contributed by atoms with Crippen LogP contribution in [0.3, 0.4) is 0 Å². The van der Waals surface area contributed by atoms with Gasteiger partial charge in [-0.25, -0.2) is 0 Å². The minimum atomic E-state index is -0.416. The first-order valence-electron chi connectivity index (χ1n) is 5.72. The zero-order valence-corrected chi connectivity index (χ0v) is 9.68. The van der Waals surface area contributed by atoms with Gasteiger partial charge < -0.3 is 11.1 Å². The molecule has 0 spiro atoms. The van der Waals surface area contributed by atoms with Crippen molar-refractivity contribution in [2.45, 2.75) is 0 Å². The molecular formula is C15H12N2O. The maximum Gasteiger partial charge on any atom is 0.249 e. The van der Waals surface area contributed by atoms with E-state index in [0.717, 1.165) is 22.5 Å². The van der Waals surface area contributed by atoms with Crippen LogP contribution in [0, 0.1) is 0 Å². The van der Waals surface area contributed by atoms with Gasteiger partial charge in [-0.2, -0.15) is 0 Å². The lowest BCUT2D eigenvalue weighted by Gasteiger charge is -2.09. The SMILES string of the molecule is NC(=O)C1=Cc2ccccc2Nc2ccccc21. The first kappa shape index (κ1) is 10.6. The summed E-state index contributed by atoms with van der Waals surface area (Å²) in [6.45, 7) is 0. The van der Waals surface area contributed by atoms with Gasteiger partial charge in [-0.15, -0.1) is 0 Å². The predicted molar refractivity (Wildman–Crippen MR) is 73.2 cm³/mol. The van der Waals surface area contributed by atoms with Gasteiger partial charge in [0.25, 0.3) is 0 Å². The standard InChI is InChI=1S/C15H12N2O/c16-15(18)12-9-10-5-1-3-7-13(10)17-14-8-4-2-6-11(12)14/h1-9,17H,(H2,16,18). The van der Waals surface area contributed by atoms with Gasteiger partial charge in [0.1, 0.15) is 0 Å². The molecule has 0 atom stereocenters. The van der Waals surface area contributed by atoms with Gasteiger partial charge in [-0.05, 0) is 23.8 Å². The van der Waals surface area contributed by atoms with Gasteiger partial charge in [-0.3, -0.25) is 4.79 Å². The highest BCUT2D eigenvalue weighted by atomic mass is 16.1. The number of para-hydroxylation sites is 2. The Hall–Kier alpha value is -2.55. The minimum absolute atomic E-state index is 0.416. The highest BCUT2D eigenvalue weighted by Crippen LogP contribution is 2.34. The van der Waals surface area contributed by atoms with Gasteiger partial charge in [0.05, 0.1) is 0 Å². The highest BCUT2D eigenvalue weighted by Gasteiger charge is 2.17. The normalized spacial score (nSPS) is 12.6. The summed E-state index contributed by atoms with van der Waals surface area (Å²) in [6.07, 6.45) is 1.83. The number of carbonyl (C=O) groups is 1. The number of hydrogen-bond donors (Lipinski definition) is 2. The van der Waals surface area contributed by atoms with Crippen LogP contribution in [0.5, 0.6) is 0 Å². The molecule has 88 valence electrons. The lowest BCUT2D eigenvalue weighted by molar-refractivity contribution is -0.112. The van der Waals surface area contributed by atoms with Crippen molar-refractivity contribution >= 4 is 28.9 Å². The van der Waals surface area contributed by atoms with Crippen LogP contribution in [0.2, 0.25) is 0 Å². The van der Waals surface area contributed by atoms with Crippen LogP contribution in [-0.4, -0.2) is 5.91 Å². The highest BCUT2D eigenvalue weighted by molar-refractivity contribution is 6.26. The molecule has 1 aliphatic heterocycles. The van der Waals surface area contributed by atoms with Crippen molar-refractivity contribution in [1.82, 2.24) is 0 Å². The summed E-state index contributed by atoms with van der Waals surface area (Å²) in [6, 6.07) is 15.5. The molecule has 18 heavy (non-hydrogen) atoms. The second kappa shape index (κ2) is 4.04. The van der Waals surface area contributed by atoms with Gasteiger partial charge in [0.2, 0.25) is 5.91 Å². The Bertz CT molecular complexity index is 659. The number of benzene rings is 2. The van der Waals surface area contributed by atoms with E-state index in [1.807, 2.05) is 54.6 Å². The first-order valence-corrected chi connectivity index (χ1v) is 5.72. The van der Waals surface area contributed by atoms with Gasteiger partial charge in [0.15, 0.2) is 0 Å². The van der Waals surface area contributed by atoms with E-state index in [2.05, 4.69) is 5.32 Å². The summed E-state index contributed by atoms with van der Waals surface area (Å²) in [5.74, 6) is -0.416. The summed E-state index contributed by atoms with van der Waals surface area (Å²) in [5, 5.41) is 3.33. The fraction of sp³-hybridized carbons (Fsp3) is 0. The van der Waals surface area contributed by atoms with E-state index in [0.29, 0.717) is 5.57 Å². The predicted octanol–water partition coefficient (Wildman–Crippen LogP) is 2.77. The summed E-state index contributed by atoms with van der Waals surface area (Å²) >= 11 is 0. The van der Waals surface area contributed by atoms with E-state index in [-0.39, 0.29) is 0 Å². The third-order valence-corrected chi connectivity index (χ3v) is 3.01. The largest absolute Gasteiger partial charge is 0.366 e. The number of rotatable bonds is 1. The van der Waals surface area contributed by atoms with Gasteiger partial charge in [0, 0.05) is 22.5 Å². The lowest BCUT2D eigenvalue weighted by atomic mass is 10.0. The molecule has 3 heteroatoms. The molecule has 1 amide bonds. The number of amides is 1. The van der Waals surface area contributed by atoms with Crippen molar-refractivity contribution in [1.29, 1.82) is 0 Å². The Morgan fingerprint density at radius 2 is 1.61 bits per heavy atom. The van der Waals surface area contributed by atoms with Crippen LogP contribution in [0.15, 0.2) is 48.5 Å². The second-order valence-corrected chi connectivity index (χ2v) is 4.18. The Labute approximate surface area is 105 Å². The van der Waals surface area contributed by atoms with Crippen molar-refractivity contribution < 1.29 is 4.79 Å². The zero-order chi connectivity index (χ0) is 12.5. The Kier molecular flexibility index (Phi) is 2.38. The summed E-state index contributed by atoms with van der Waals surface area (Å²) in [5.41, 5.74) is 9.67. The lowest BCUT2D eigenvalue weighted by Crippen LogP contribution is -2.13. The van der Waals surface area contributed by atoms with E-state index in [1.165, 1.54) is 0 Å². The second-order valence-electron chi connectivity index (χ2n) is 4.18. The van der Waals surface area contributed by atoms with Crippen molar-refractivity contribution in [2.24, 2.45) is 5.73 Å². The van der Waals surface area contributed by atoms with E-state index < -0.39 is 5.91 Å². The molecule has 0 saturated carbocycles. The fourth-order valence-electron chi connectivity index (χ4n) is 2.15. The molecule has 0 saturated heterocycles. The molecular weight excluding hydrogens is 224 g/mol. The summed E-state index contributed by atoms with van der Waals surface area (Å²) in [7, 11) is 0. The monoisotopic (exact) mass is 236 g/mol. The number of anilines is 2. The van der Waals surface area contributed by atoms with Crippen LogP contribution >= 0.6 is 0 Å². The Balaban J connectivity index is 2.29. The molecule has 0 unspecified atom stereocenters.